The molecular formula is C11H13BF3KO. The maximum atomic E-state index is 12.2. The third-order valence-electron chi connectivity index (χ3n) is 2.91. The topological polar surface area (TPSA) is 9.23 Å². The molecule has 0 spiro atoms. The van der Waals surface area contributed by atoms with Crippen LogP contribution in [0.15, 0.2) is 30.3 Å². The summed E-state index contributed by atoms with van der Waals surface area (Å²) in [6.45, 7) is -4.03. The molecule has 1 aromatic rings. The number of halogens is 3. The number of hydrogen-bond acceptors (Lipinski definition) is 1. The van der Waals surface area contributed by atoms with Crippen molar-refractivity contribution in [2.75, 3.05) is 6.61 Å². The largest absolute Gasteiger partial charge is 1.00 e. The number of rotatable bonds is 5. The van der Waals surface area contributed by atoms with Crippen LogP contribution in [0, 0.1) is 5.92 Å². The van der Waals surface area contributed by atoms with E-state index >= 15 is 0 Å². The SMILES string of the molecule is F[B-](F)(F)[C@@H]1C[C@H]1COCc1ccccc1.[K+]. The van der Waals surface area contributed by atoms with Gasteiger partial charge in [-0.25, -0.2) is 0 Å². The molecule has 1 aliphatic carbocycles. The first-order chi connectivity index (χ1) is 7.57. The zero-order valence-corrected chi connectivity index (χ0v) is 12.9. The summed E-state index contributed by atoms with van der Waals surface area (Å²) >= 11 is 0. The molecule has 0 N–H and O–H groups in total. The molecule has 1 nitrogen and oxygen atoms in total. The van der Waals surface area contributed by atoms with Crippen LogP contribution in [0.1, 0.15) is 12.0 Å². The van der Waals surface area contributed by atoms with Gasteiger partial charge in [-0.2, -0.15) is 0 Å². The minimum absolute atomic E-state index is 0. The van der Waals surface area contributed by atoms with E-state index in [1.165, 1.54) is 0 Å². The second-order valence-electron chi connectivity index (χ2n) is 4.29. The van der Waals surface area contributed by atoms with E-state index in [2.05, 4.69) is 0 Å². The predicted octanol–water partition coefficient (Wildman–Crippen LogP) is 0.445. The summed E-state index contributed by atoms with van der Waals surface area (Å²) in [4.78, 5) is 0. The van der Waals surface area contributed by atoms with Crippen molar-refractivity contribution in [1.82, 2.24) is 0 Å². The molecule has 0 amide bonds. The van der Waals surface area contributed by atoms with Crippen LogP contribution in [0.2, 0.25) is 5.82 Å². The molecule has 2 rings (SSSR count). The third-order valence-corrected chi connectivity index (χ3v) is 2.91. The first-order valence-corrected chi connectivity index (χ1v) is 5.39. The van der Waals surface area contributed by atoms with Gasteiger partial charge in [-0.05, 0) is 11.5 Å². The van der Waals surface area contributed by atoms with E-state index in [1.54, 1.807) is 0 Å². The fourth-order valence-corrected chi connectivity index (χ4v) is 1.83. The zero-order chi connectivity index (χ0) is 11.6. The summed E-state index contributed by atoms with van der Waals surface area (Å²) in [6, 6.07) is 9.47. The van der Waals surface area contributed by atoms with Crippen LogP contribution in [0.5, 0.6) is 0 Å². The normalized spacial score (nSPS) is 23.0. The van der Waals surface area contributed by atoms with Crippen molar-refractivity contribution in [2.24, 2.45) is 5.92 Å². The Balaban J connectivity index is 0.00000144. The first-order valence-electron chi connectivity index (χ1n) is 5.39. The number of benzene rings is 1. The summed E-state index contributed by atoms with van der Waals surface area (Å²) in [5.74, 6) is -1.38. The Labute approximate surface area is 142 Å². The van der Waals surface area contributed by atoms with Gasteiger partial charge < -0.3 is 17.7 Å². The molecule has 1 aliphatic rings. The summed E-state index contributed by atoms with van der Waals surface area (Å²) in [7, 11) is 0. The van der Waals surface area contributed by atoms with E-state index in [-0.39, 0.29) is 70.3 Å². The fourth-order valence-electron chi connectivity index (χ4n) is 1.83. The van der Waals surface area contributed by atoms with Gasteiger partial charge in [0.05, 0.1) is 6.61 Å². The summed E-state index contributed by atoms with van der Waals surface area (Å²) < 4.78 is 42.0. The van der Waals surface area contributed by atoms with E-state index < -0.39 is 12.8 Å². The molecule has 17 heavy (non-hydrogen) atoms. The maximum absolute atomic E-state index is 12.2. The van der Waals surface area contributed by atoms with E-state index in [1.807, 2.05) is 30.3 Å². The maximum Gasteiger partial charge on any atom is 1.00 e. The second kappa shape index (κ2) is 6.73. The molecular weight excluding hydrogens is 255 g/mol. The molecule has 0 radical (unpaired) electrons. The summed E-state index contributed by atoms with van der Waals surface area (Å²) in [5.41, 5.74) is 0.997. The van der Waals surface area contributed by atoms with Crippen LogP contribution in [0.4, 0.5) is 12.9 Å². The molecule has 2 atom stereocenters. The van der Waals surface area contributed by atoms with E-state index in [4.69, 9.17) is 4.74 Å². The van der Waals surface area contributed by atoms with Gasteiger partial charge in [0, 0.05) is 6.61 Å². The molecule has 0 bridgehead atoms. The minimum Gasteiger partial charge on any atom is -0.449 e. The van der Waals surface area contributed by atoms with Crippen molar-refractivity contribution in [3.05, 3.63) is 35.9 Å². The molecule has 0 unspecified atom stereocenters. The van der Waals surface area contributed by atoms with Gasteiger partial charge in [-0.15, -0.1) is 0 Å². The third kappa shape index (κ3) is 5.04. The van der Waals surface area contributed by atoms with Gasteiger partial charge in [0.25, 0.3) is 0 Å². The molecule has 88 valence electrons. The molecule has 6 heteroatoms. The van der Waals surface area contributed by atoms with Crippen LogP contribution >= 0.6 is 0 Å². The molecule has 1 fully saturated rings. The van der Waals surface area contributed by atoms with Gasteiger partial charge >= 0.3 is 58.4 Å². The average Bonchev–Trinajstić information content (AvgIpc) is 2.98. The number of ether oxygens (including phenoxy) is 1. The number of hydrogen-bond donors (Lipinski definition) is 0. The van der Waals surface area contributed by atoms with Crippen molar-refractivity contribution >= 4 is 6.98 Å². The average molecular weight is 268 g/mol. The van der Waals surface area contributed by atoms with E-state index in [9.17, 15) is 12.9 Å². The van der Waals surface area contributed by atoms with Gasteiger partial charge in [0.1, 0.15) is 0 Å². The summed E-state index contributed by atoms with van der Waals surface area (Å²) in [6.07, 6.45) is 0.248. The Morgan fingerprint density at radius 2 is 1.82 bits per heavy atom. The van der Waals surface area contributed by atoms with Gasteiger partial charge in [0.15, 0.2) is 0 Å². The zero-order valence-electron chi connectivity index (χ0n) is 9.78. The Bertz CT molecular complexity index is 344. The van der Waals surface area contributed by atoms with Crippen molar-refractivity contribution in [3.63, 3.8) is 0 Å². The Morgan fingerprint density at radius 3 is 2.35 bits per heavy atom. The van der Waals surface area contributed by atoms with Gasteiger partial charge in [0.2, 0.25) is 0 Å². The standard InChI is InChI=1S/C11H13BF3O.K/c13-12(14,15)11-6-10(11)8-16-7-9-4-2-1-3-5-9;/h1-5,10-11H,6-8H2;/q-1;+1/t10-,11+;/m0./s1. The minimum atomic E-state index is -4.65. The van der Waals surface area contributed by atoms with Crippen molar-refractivity contribution < 1.29 is 69.1 Å². The van der Waals surface area contributed by atoms with Crippen molar-refractivity contribution in [2.45, 2.75) is 18.8 Å². The Kier molecular flexibility index (Phi) is 6.22. The van der Waals surface area contributed by atoms with Crippen LogP contribution in [-0.4, -0.2) is 13.6 Å². The van der Waals surface area contributed by atoms with E-state index in [0.717, 1.165) is 5.56 Å². The van der Waals surface area contributed by atoms with Crippen LogP contribution in [0.3, 0.4) is 0 Å². The first kappa shape index (κ1) is 15.7. The smallest absolute Gasteiger partial charge is 0.449 e. The molecule has 0 aromatic heterocycles. The van der Waals surface area contributed by atoms with Gasteiger partial charge in [-0.1, -0.05) is 42.6 Å². The Morgan fingerprint density at radius 1 is 1.18 bits per heavy atom. The molecule has 1 aromatic carbocycles. The van der Waals surface area contributed by atoms with Crippen LogP contribution in [-0.2, 0) is 11.3 Å². The van der Waals surface area contributed by atoms with Crippen molar-refractivity contribution in [1.29, 1.82) is 0 Å². The van der Waals surface area contributed by atoms with Crippen LogP contribution < -0.4 is 51.4 Å². The Hall–Kier alpha value is 0.671. The summed E-state index contributed by atoms with van der Waals surface area (Å²) in [5, 5.41) is 0. The van der Waals surface area contributed by atoms with E-state index in [0.29, 0.717) is 6.61 Å². The van der Waals surface area contributed by atoms with Gasteiger partial charge in [-0.3, -0.25) is 0 Å². The predicted molar refractivity (Wildman–Crippen MR) is 57.0 cm³/mol. The molecule has 0 heterocycles. The monoisotopic (exact) mass is 268 g/mol. The molecule has 1 saturated carbocycles. The fraction of sp³-hybridized carbons (Fsp3) is 0.455. The quantitative estimate of drug-likeness (QED) is 0.704. The molecule has 0 aliphatic heterocycles. The van der Waals surface area contributed by atoms with Crippen molar-refractivity contribution in [3.8, 4) is 0 Å². The molecule has 0 saturated heterocycles. The second-order valence-corrected chi connectivity index (χ2v) is 4.29. The van der Waals surface area contributed by atoms with Crippen LogP contribution in [0.25, 0.3) is 0 Å².